The van der Waals surface area contributed by atoms with E-state index in [-0.39, 0.29) is 0 Å². The Bertz CT molecular complexity index is 595. The van der Waals surface area contributed by atoms with Crippen molar-refractivity contribution in [3.05, 3.63) is 60.2 Å². The molecule has 0 amide bonds. The molecule has 0 unspecified atom stereocenters. The molecule has 0 bridgehead atoms. The summed E-state index contributed by atoms with van der Waals surface area (Å²) in [5.41, 5.74) is 2.34. The standard InChI is InChI=1S/C15H12Br3NO2/c16-15(17,18)14(20)21-13-8-6-12(7-9-13)19-10-11-4-2-1-3-5-11/h1-9,19H,10H2/p+1. The van der Waals surface area contributed by atoms with Crippen LogP contribution in [0.25, 0.3) is 0 Å². The summed E-state index contributed by atoms with van der Waals surface area (Å²) in [6, 6.07) is 17.6. The van der Waals surface area contributed by atoms with Crippen LogP contribution in [0, 0.1) is 0 Å². The first-order valence-electron chi connectivity index (χ1n) is 6.21. The number of ether oxygens (including phenoxy) is 1. The molecule has 0 saturated carbocycles. The van der Waals surface area contributed by atoms with Crippen molar-refractivity contribution in [1.29, 1.82) is 0 Å². The van der Waals surface area contributed by atoms with E-state index in [1.54, 1.807) is 12.1 Å². The molecule has 21 heavy (non-hydrogen) atoms. The van der Waals surface area contributed by atoms with Crippen molar-refractivity contribution in [3.8, 4) is 5.75 Å². The van der Waals surface area contributed by atoms with Crippen LogP contribution >= 0.6 is 47.8 Å². The van der Waals surface area contributed by atoms with Crippen molar-refractivity contribution in [2.24, 2.45) is 0 Å². The number of quaternary nitrogens is 1. The zero-order valence-corrected chi connectivity index (χ0v) is 15.7. The highest BCUT2D eigenvalue weighted by molar-refractivity contribution is 9.40. The first-order valence-corrected chi connectivity index (χ1v) is 8.59. The SMILES string of the molecule is O=C(Oc1ccc([NH2+]Cc2ccccc2)cc1)C(Br)(Br)Br. The molecule has 110 valence electrons. The fourth-order valence-corrected chi connectivity index (χ4v) is 1.93. The van der Waals surface area contributed by atoms with E-state index in [9.17, 15) is 4.79 Å². The van der Waals surface area contributed by atoms with Crippen LogP contribution in [0.5, 0.6) is 5.75 Å². The first kappa shape index (κ1) is 16.7. The number of halogens is 3. The lowest BCUT2D eigenvalue weighted by Gasteiger charge is -2.11. The normalized spacial score (nSPS) is 11.2. The summed E-state index contributed by atoms with van der Waals surface area (Å²) >= 11 is 9.36. The van der Waals surface area contributed by atoms with Gasteiger partial charge in [-0.05, 0) is 59.9 Å². The number of esters is 1. The van der Waals surface area contributed by atoms with Gasteiger partial charge in [-0.25, -0.2) is 4.79 Å². The van der Waals surface area contributed by atoms with Gasteiger partial charge in [-0.15, -0.1) is 0 Å². The van der Waals surface area contributed by atoms with E-state index in [4.69, 9.17) is 4.74 Å². The number of alkyl halides is 3. The van der Waals surface area contributed by atoms with E-state index in [0.29, 0.717) is 5.75 Å². The fraction of sp³-hybridized carbons (Fsp3) is 0.133. The Morgan fingerprint density at radius 2 is 1.62 bits per heavy atom. The number of carbonyl (C=O) groups is 1. The molecule has 0 spiro atoms. The zero-order valence-electron chi connectivity index (χ0n) is 10.9. The summed E-state index contributed by atoms with van der Waals surface area (Å²) in [5.74, 6) is 0.0306. The maximum absolute atomic E-state index is 11.7. The highest BCUT2D eigenvalue weighted by atomic mass is 80.0. The third-order valence-electron chi connectivity index (χ3n) is 2.74. The summed E-state index contributed by atoms with van der Waals surface area (Å²) in [6.07, 6.45) is 0. The van der Waals surface area contributed by atoms with Crippen LogP contribution in [0.2, 0.25) is 0 Å². The van der Waals surface area contributed by atoms with Gasteiger partial charge in [0, 0.05) is 17.7 Å². The molecular formula is C15H13Br3NO2+. The van der Waals surface area contributed by atoms with E-state index >= 15 is 0 Å². The average molecular weight is 479 g/mol. The third-order valence-corrected chi connectivity index (χ3v) is 3.71. The molecule has 0 aliphatic heterocycles. The molecule has 0 saturated heterocycles. The van der Waals surface area contributed by atoms with E-state index in [1.807, 2.05) is 30.3 Å². The van der Waals surface area contributed by atoms with Gasteiger partial charge in [-0.1, -0.05) is 30.3 Å². The molecule has 2 aromatic carbocycles. The van der Waals surface area contributed by atoms with Crippen LogP contribution in [0.3, 0.4) is 0 Å². The summed E-state index contributed by atoms with van der Waals surface area (Å²) in [5, 5.41) is 2.13. The van der Waals surface area contributed by atoms with Crippen molar-refractivity contribution in [1.82, 2.24) is 0 Å². The molecule has 3 nitrogen and oxygen atoms in total. The van der Waals surface area contributed by atoms with Crippen molar-refractivity contribution in [2.45, 2.75) is 8.69 Å². The third kappa shape index (κ3) is 5.54. The van der Waals surface area contributed by atoms with Gasteiger partial charge in [0.15, 0.2) is 0 Å². The van der Waals surface area contributed by atoms with Gasteiger partial charge in [-0.3, -0.25) is 0 Å². The minimum Gasteiger partial charge on any atom is -0.424 e. The largest absolute Gasteiger partial charge is 0.424 e. The summed E-state index contributed by atoms with van der Waals surface area (Å²) < 4.78 is 4.15. The molecular weight excluding hydrogens is 466 g/mol. The molecule has 0 aliphatic carbocycles. The molecule has 0 fully saturated rings. The van der Waals surface area contributed by atoms with Crippen LogP contribution < -0.4 is 10.1 Å². The van der Waals surface area contributed by atoms with E-state index in [1.165, 1.54) is 5.56 Å². The maximum Gasteiger partial charge on any atom is 0.350 e. The molecule has 6 heteroatoms. The molecule has 2 rings (SSSR count). The van der Waals surface area contributed by atoms with Gasteiger partial charge in [0.05, 0.1) is 0 Å². The van der Waals surface area contributed by atoms with Gasteiger partial charge in [0.1, 0.15) is 18.0 Å². The van der Waals surface area contributed by atoms with Crippen LogP contribution in [0.1, 0.15) is 5.56 Å². The summed E-state index contributed by atoms with van der Waals surface area (Å²) in [7, 11) is 0. The maximum atomic E-state index is 11.7. The van der Waals surface area contributed by atoms with Crippen LogP contribution in [-0.4, -0.2) is 8.11 Å². The van der Waals surface area contributed by atoms with E-state index in [0.717, 1.165) is 12.2 Å². The number of benzene rings is 2. The van der Waals surface area contributed by atoms with E-state index < -0.39 is 8.11 Å². The molecule has 0 radical (unpaired) electrons. The van der Waals surface area contributed by atoms with Gasteiger partial charge in [0.25, 0.3) is 0 Å². The minimum absolute atomic E-state index is 0.469. The predicted molar refractivity (Wildman–Crippen MR) is 93.3 cm³/mol. The smallest absolute Gasteiger partial charge is 0.350 e. The Labute approximate surface area is 148 Å². The van der Waals surface area contributed by atoms with Gasteiger partial charge >= 0.3 is 5.97 Å². The summed E-state index contributed by atoms with van der Waals surface area (Å²) in [4.78, 5) is 11.7. The van der Waals surface area contributed by atoms with Crippen molar-refractivity contribution >= 4 is 59.4 Å². The van der Waals surface area contributed by atoms with E-state index in [2.05, 4.69) is 65.2 Å². The number of carbonyl (C=O) groups excluding carboxylic acids is 1. The molecule has 2 N–H and O–H groups in total. The second-order valence-electron chi connectivity index (χ2n) is 4.35. The quantitative estimate of drug-likeness (QED) is 0.314. The Hall–Kier alpha value is -0.690. The lowest BCUT2D eigenvalue weighted by atomic mass is 10.2. The zero-order chi connectivity index (χ0) is 15.3. The topological polar surface area (TPSA) is 42.9 Å². The lowest BCUT2D eigenvalue weighted by Crippen LogP contribution is -2.76. The van der Waals surface area contributed by atoms with Gasteiger partial charge in [-0.2, -0.15) is 0 Å². The second-order valence-corrected chi connectivity index (χ2v) is 11.1. The van der Waals surface area contributed by atoms with Crippen molar-refractivity contribution in [2.75, 3.05) is 0 Å². The fourth-order valence-electron chi connectivity index (χ4n) is 1.69. The Morgan fingerprint density at radius 3 is 2.19 bits per heavy atom. The van der Waals surface area contributed by atoms with Crippen molar-refractivity contribution < 1.29 is 14.8 Å². The van der Waals surface area contributed by atoms with Crippen molar-refractivity contribution in [3.63, 3.8) is 0 Å². The van der Waals surface area contributed by atoms with Crippen LogP contribution in [-0.2, 0) is 11.3 Å². The van der Waals surface area contributed by atoms with Crippen LogP contribution in [0.15, 0.2) is 54.6 Å². The highest BCUT2D eigenvalue weighted by Gasteiger charge is 2.31. The van der Waals surface area contributed by atoms with Crippen LogP contribution in [0.4, 0.5) is 5.69 Å². The lowest BCUT2D eigenvalue weighted by molar-refractivity contribution is -0.588. The number of hydrogen-bond donors (Lipinski definition) is 1. The first-order chi connectivity index (χ1) is 9.95. The van der Waals surface area contributed by atoms with Gasteiger partial charge < -0.3 is 10.1 Å². The summed E-state index contributed by atoms with van der Waals surface area (Å²) in [6.45, 7) is 0.868. The molecule has 0 aromatic heterocycles. The Balaban J connectivity index is 1.92. The Morgan fingerprint density at radius 1 is 1.00 bits per heavy atom. The molecule has 2 aromatic rings. The number of nitrogens with two attached hydrogens (primary N) is 1. The Kier molecular flexibility index (Phi) is 5.98. The number of hydrogen-bond acceptors (Lipinski definition) is 2. The number of rotatable bonds is 4. The second kappa shape index (κ2) is 7.54. The molecule has 0 heterocycles. The molecule has 0 aliphatic rings. The van der Waals surface area contributed by atoms with Gasteiger partial charge in [0.2, 0.25) is 2.14 Å². The molecule has 0 atom stereocenters. The highest BCUT2D eigenvalue weighted by Crippen LogP contribution is 2.35. The predicted octanol–water partition coefficient (Wildman–Crippen LogP) is 3.83. The minimum atomic E-state index is -1.05. The monoisotopic (exact) mass is 476 g/mol. The average Bonchev–Trinajstić information content (AvgIpc) is 2.46.